The first-order valence-electron chi connectivity index (χ1n) is 9.85. The predicted molar refractivity (Wildman–Crippen MR) is 92.5 cm³/mol. The third kappa shape index (κ3) is 4.11. The highest BCUT2D eigenvalue weighted by atomic mass is 16.5. The fourth-order valence-electron chi connectivity index (χ4n) is 4.49. The predicted octanol–water partition coefficient (Wildman–Crippen LogP) is 2.44. The van der Waals surface area contributed by atoms with Crippen LogP contribution in [0.25, 0.3) is 0 Å². The molecule has 2 heterocycles. The van der Waals surface area contributed by atoms with E-state index < -0.39 is 0 Å². The monoisotopic (exact) mass is 336 g/mol. The van der Waals surface area contributed by atoms with E-state index in [9.17, 15) is 9.59 Å². The molecule has 3 aliphatic rings. The van der Waals surface area contributed by atoms with Gasteiger partial charge in [-0.2, -0.15) is 0 Å². The molecule has 5 heteroatoms. The number of rotatable bonds is 5. The molecule has 2 amide bonds. The summed E-state index contributed by atoms with van der Waals surface area (Å²) in [4.78, 5) is 29.4. The zero-order chi connectivity index (χ0) is 16.9. The van der Waals surface area contributed by atoms with Crippen molar-refractivity contribution in [2.24, 2.45) is 11.8 Å². The third-order valence-corrected chi connectivity index (χ3v) is 5.97. The fourth-order valence-corrected chi connectivity index (χ4v) is 4.49. The molecule has 5 nitrogen and oxygen atoms in total. The van der Waals surface area contributed by atoms with Crippen LogP contribution in [0.5, 0.6) is 0 Å². The molecule has 0 radical (unpaired) electrons. The van der Waals surface area contributed by atoms with Crippen molar-refractivity contribution in [1.29, 1.82) is 0 Å². The standard InChI is InChI=1S/C19H32N2O3/c1-2-20(12-15-9-10-24-14-15)19(23)16-11-18(22)21(13-16)17-7-5-3-4-6-8-17/h15-17H,2-14H2,1H3. The lowest BCUT2D eigenvalue weighted by atomic mass is 10.0. The zero-order valence-electron chi connectivity index (χ0n) is 15.0. The van der Waals surface area contributed by atoms with Gasteiger partial charge in [0.15, 0.2) is 0 Å². The van der Waals surface area contributed by atoms with Crippen molar-refractivity contribution in [3.05, 3.63) is 0 Å². The number of hydrogen-bond acceptors (Lipinski definition) is 3. The third-order valence-electron chi connectivity index (χ3n) is 5.97. The molecule has 0 aromatic heterocycles. The van der Waals surface area contributed by atoms with Crippen LogP contribution in [0.1, 0.15) is 58.3 Å². The molecule has 2 saturated heterocycles. The summed E-state index contributed by atoms with van der Waals surface area (Å²) in [6.45, 7) is 5.76. The molecule has 2 unspecified atom stereocenters. The normalized spacial score (nSPS) is 29.0. The lowest BCUT2D eigenvalue weighted by Crippen LogP contribution is -2.41. The van der Waals surface area contributed by atoms with Gasteiger partial charge in [-0.05, 0) is 26.2 Å². The van der Waals surface area contributed by atoms with Gasteiger partial charge in [0.05, 0.1) is 12.5 Å². The molecule has 2 atom stereocenters. The average molecular weight is 336 g/mol. The van der Waals surface area contributed by atoms with Gasteiger partial charge in [0.25, 0.3) is 0 Å². The number of likely N-dealkylation sites (tertiary alicyclic amines) is 1. The van der Waals surface area contributed by atoms with Gasteiger partial charge in [0.2, 0.25) is 11.8 Å². The quantitative estimate of drug-likeness (QED) is 0.725. The summed E-state index contributed by atoms with van der Waals surface area (Å²) in [5.41, 5.74) is 0. The Hall–Kier alpha value is -1.10. The van der Waals surface area contributed by atoms with E-state index in [1.54, 1.807) is 0 Å². The molecule has 0 aromatic rings. The summed E-state index contributed by atoms with van der Waals surface area (Å²) >= 11 is 0. The van der Waals surface area contributed by atoms with Crippen LogP contribution < -0.4 is 0 Å². The van der Waals surface area contributed by atoms with Crippen LogP contribution in [0.4, 0.5) is 0 Å². The lowest BCUT2D eigenvalue weighted by molar-refractivity contribution is -0.136. The Balaban J connectivity index is 1.57. The molecule has 0 spiro atoms. The van der Waals surface area contributed by atoms with Crippen LogP contribution in [-0.2, 0) is 14.3 Å². The van der Waals surface area contributed by atoms with Crippen molar-refractivity contribution in [3.63, 3.8) is 0 Å². The second-order valence-electron chi connectivity index (χ2n) is 7.70. The molecular formula is C19H32N2O3. The van der Waals surface area contributed by atoms with Gasteiger partial charge in [0.1, 0.15) is 0 Å². The first-order valence-corrected chi connectivity index (χ1v) is 9.85. The number of nitrogens with zero attached hydrogens (tertiary/aromatic N) is 2. The molecule has 1 saturated carbocycles. The minimum atomic E-state index is -0.136. The van der Waals surface area contributed by atoms with Crippen molar-refractivity contribution in [2.45, 2.75) is 64.3 Å². The molecule has 136 valence electrons. The second-order valence-corrected chi connectivity index (χ2v) is 7.70. The largest absolute Gasteiger partial charge is 0.381 e. The summed E-state index contributed by atoms with van der Waals surface area (Å²) in [5, 5.41) is 0. The maximum absolute atomic E-state index is 12.9. The van der Waals surface area contributed by atoms with Crippen molar-refractivity contribution in [1.82, 2.24) is 9.80 Å². The molecular weight excluding hydrogens is 304 g/mol. The maximum Gasteiger partial charge on any atom is 0.227 e. The molecule has 0 bridgehead atoms. The molecule has 3 fully saturated rings. The van der Waals surface area contributed by atoms with Crippen LogP contribution in [0.3, 0.4) is 0 Å². The van der Waals surface area contributed by atoms with Crippen molar-refractivity contribution in [3.8, 4) is 0 Å². The minimum Gasteiger partial charge on any atom is -0.381 e. The van der Waals surface area contributed by atoms with Crippen molar-refractivity contribution >= 4 is 11.8 Å². The van der Waals surface area contributed by atoms with Crippen LogP contribution >= 0.6 is 0 Å². The number of ether oxygens (including phenoxy) is 1. The topological polar surface area (TPSA) is 49.9 Å². The van der Waals surface area contributed by atoms with E-state index in [2.05, 4.69) is 0 Å². The summed E-state index contributed by atoms with van der Waals surface area (Å²) in [7, 11) is 0. The first kappa shape index (κ1) is 17.7. The fraction of sp³-hybridized carbons (Fsp3) is 0.895. The summed E-state index contributed by atoms with van der Waals surface area (Å²) < 4.78 is 5.43. The van der Waals surface area contributed by atoms with Crippen LogP contribution in [0, 0.1) is 11.8 Å². The van der Waals surface area contributed by atoms with E-state index in [0.29, 0.717) is 24.9 Å². The number of carbonyl (C=O) groups excluding carboxylic acids is 2. The van der Waals surface area contributed by atoms with Crippen LogP contribution in [0.2, 0.25) is 0 Å². The highest BCUT2D eigenvalue weighted by Gasteiger charge is 2.39. The Morgan fingerprint density at radius 1 is 1.21 bits per heavy atom. The van der Waals surface area contributed by atoms with E-state index >= 15 is 0 Å². The minimum absolute atomic E-state index is 0.136. The Morgan fingerprint density at radius 3 is 2.58 bits per heavy atom. The van der Waals surface area contributed by atoms with Gasteiger partial charge < -0.3 is 14.5 Å². The number of amides is 2. The van der Waals surface area contributed by atoms with E-state index in [-0.39, 0.29) is 17.7 Å². The molecule has 1 aliphatic carbocycles. The lowest BCUT2D eigenvalue weighted by Gasteiger charge is -2.29. The Morgan fingerprint density at radius 2 is 1.96 bits per heavy atom. The Labute approximate surface area is 145 Å². The van der Waals surface area contributed by atoms with E-state index in [1.165, 1.54) is 25.7 Å². The van der Waals surface area contributed by atoms with Gasteiger partial charge in [0, 0.05) is 44.6 Å². The molecule has 3 rings (SSSR count). The average Bonchev–Trinajstić information content (AvgIpc) is 3.15. The van der Waals surface area contributed by atoms with Crippen LogP contribution in [-0.4, -0.2) is 60.5 Å². The van der Waals surface area contributed by atoms with Gasteiger partial charge in [-0.3, -0.25) is 9.59 Å². The van der Waals surface area contributed by atoms with Crippen molar-refractivity contribution in [2.75, 3.05) is 32.8 Å². The summed E-state index contributed by atoms with van der Waals surface area (Å²) in [5.74, 6) is 0.696. The first-order chi connectivity index (χ1) is 11.7. The number of carbonyl (C=O) groups is 2. The summed E-state index contributed by atoms with van der Waals surface area (Å²) in [6.07, 6.45) is 8.69. The van der Waals surface area contributed by atoms with Crippen LogP contribution in [0.15, 0.2) is 0 Å². The summed E-state index contributed by atoms with van der Waals surface area (Å²) in [6, 6.07) is 0.371. The molecule has 0 N–H and O–H groups in total. The Kier molecular flexibility index (Phi) is 6.14. The maximum atomic E-state index is 12.9. The second kappa shape index (κ2) is 8.32. The molecule has 24 heavy (non-hydrogen) atoms. The zero-order valence-corrected chi connectivity index (χ0v) is 15.0. The van der Waals surface area contributed by atoms with E-state index in [4.69, 9.17) is 4.74 Å². The van der Waals surface area contributed by atoms with Crippen molar-refractivity contribution < 1.29 is 14.3 Å². The highest BCUT2D eigenvalue weighted by molar-refractivity contribution is 5.89. The van der Waals surface area contributed by atoms with Gasteiger partial charge in [-0.1, -0.05) is 25.7 Å². The smallest absolute Gasteiger partial charge is 0.227 e. The molecule has 0 aromatic carbocycles. The number of hydrogen-bond donors (Lipinski definition) is 0. The van der Waals surface area contributed by atoms with Gasteiger partial charge >= 0.3 is 0 Å². The van der Waals surface area contributed by atoms with Gasteiger partial charge in [-0.25, -0.2) is 0 Å². The van der Waals surface area contributed by atoms with Gasteiger partial charge in [-0.15, -0.1) is 0 Å². The highest BCUT2D eigenvalue weighted by Crippen LogP contribution is 2.29. The van der Waals surface area contributed by atoms with E-state index in [0.717, 1.165) is 45.6 Å². The van der Waals surface area contributed by atoms with E-state index in [1.807, 2.05) is 16.7 Å². The SMILES string of the molecule is CCN(CC1CCOC1)C(=O)C1CC(=O)N(C2CCCCCC2)C1. The molecule has 2 aliphatic heterocycles. The Bertz CT molecular complexity index is 440.